The lowest BCUT2D eigenvalue weighted by Gasteiger charge is -2.06. The highest BCUT2D eigenvalue weighted by molar-refractivity contribution is 7.80. The predicted octanol–water partition coefficient (Wildman–Crippen LogP) is -0.00170. The first-order valence-electron chi connectivity index (χ1n) is 5.38. The molecule has 2 rings (SSSR count). The van der Waals surface area contributed by atoms with Gasteiger partial charge in [-0.1, -0.05) is 12.2 Å². The fraction of sp³-hybridized carbons (Fsp3) is 0.182. The molecule has 0 aliphatic carbocycles. The first-order chi connectivity index (χ1) is 8.99. The largest absolute Gasteiger partial charge is 0.388 e. The van der Waals surface area contributed by atoms with Gasteiger partial charge in [0.05, 0.1) is 12.4 Å². The Kier molecular flexibility index (Phi) is 3.52. The van der Waals surface area contributed by atoms with Crippen LogP contribution in [0.5, 0.6) is 0 Å². The van der Waals surface area contributed by atoms with E-state index >= 15 is 0 Å². The Morgan fingerprint density at radius 3 is 2.58 bits per heavy atom. The van der Waals surface area contributed by atoms with E-state index in [4.69, 9.17) is 18.0 Å². The van der Waals surface area contributed by atoms with Crippen molar-refractivity contribution in [3.05, 3.63) is 36.0 Å². The second-order valence-electron chi connectivity index (χ2n) is 3.97. The molecule has 0 aliphatic rings. The zero-order chi connectivity index (χ0) is 14.0. The lowest BCUT2D eigenvalue weighted by molar-refractivity contribution is 0.0821. The molecule has 2 aromatic rings. The van der Waals surface area contributed by atoms with Crippen molar-refractivity contribution in [3.8, 4) is 5.82 Å². The van der Waals surface area contributed by atoms with Gasteiger partial charge in [0, 0.05) is 20.3 Å². The molecule has 0 bridgehead atoms. The summed E-state index contributed by atoms with van der Waals surface area (Å²) < 4.78 is 1.47. The number of hydrogen-bond acceptors (Lipinski definition) is 5. The first-order valence-corrected chi connectivity index (χ1v) is 5.79. The van der Waals surface area contributed by atoms with Gasteiger partial charge in [0.15, 0.2) is 11.5 Å². The minimum Gasteiger partial charge on any atom is -0.388 e. The van der Waals surface area contributed by atoms with Gasteiger partial charge in [0.1, 0.15) is 10.7 Å². The summed E-state index contributed by atoms with van der Waals surface area (Å²) >= 11 is 4.79. The Morgan fingerprint density at radius 1 is 1.32 bits per heavy atom. The zero-order valence-corrected chi connectivity index (χ0v) is 11.3. The fourth-order valence-electron chi connectivity index (χ4n) is 1.36. The van der Waals surface area contributed by atoms with E-state index < -0.39 is 0 Å². The second-order valence-corrected chi connectivity index (χ2v) is 4.41. The normalized spacial score (nSPS) is 10.2. The minimum absolute atomic E-state index is 0.175. The number of hydrogen-bond donors (Lipinski definition) is 1. The van der Waals surface area contributed by atoms with Crippen LogP contribution in [0.1, 0.15) is 16.2 Å². The van der Waals surface area contributed by atoms with Gasteiger partial charge in [-0.15, -0.1) is 0 Å². The van der Waals surface area contributed by atoms with Crippen molar-refractivity contribution in [2.24, 2.45) is 5.73 Å². The van der Waals surface area contributed by atoms with Gasteiger partial charge in [0.2, 0.25) is 0 Å². The third kappa shape index (κ3) is 2.74. The van der Waals surface area contributed by atoms with Gasteiger partial charge in [-0.3, -0.25) is 4.79 Å². The van der Waals surface area contributed by atoms with Crippen molar-refractivity contribution in [2.75, 3.05) is 14.1 Å². The molecule has 8 heteroatoms. The Balaban J connectivity index is 2.28. The maximum atomic E-state index is 11.7. The summed E-state index contributed by atoms with van der Waals surface area (Å²) in [5.74, 6) is 0.310. The molecule has 0 spiro atoms. The summed E-state index contributed by atoms with van der Waals surface area (Å²) in [6.07, 6.45) is 4.60. The topological polar surface area (TPSA) is 89.9 Å². The molecule has 0 radical (unpaired) electrons. The Morgan fingerprint density at radius 2 is 2.05 bits per heavy atom. The van der Waals surface area contributed by atoms with Crippen LogP contribution < -0.4 is 5.73 Å². The van der Waals surface area contributed by atoms with E-state index in [9.17, 15) is 4.79 Å². The summed E-state index contributed by atoms with van der Waals surface area (Å²) in [6, 6.07) is 1.62. The van der Waals surface area contributed by atoms with Gasteiger partial charge in [-0.25, -0.2) is 14.6 Å². The molecule has 2 N–H and O–H groups in total. The van der Waals surface area contributed by atoms with Crippen LogP contribution in [-0.2, 0) is 0 Å². The number of carbonyl (C=O) groups is 1. The Hall–Kier alpha value is -2.35. The summed E-state index contributed by atoms with van der Waals surface area (Å²) in [4.78, 5) is 21.5. The molecule has 0 unspecified atom stereocenters. The van der Waals surface area contributed by atoms with E-state index in [1.807, 2.05) is 0 Å². The van der Waals surface area contributed by atoms with Crippen molar-refractivity contribution in [1.29, 1.82) is 0 Å². The highest BCUT2D eigenvalue weighted by atomic mass is 32.1. The maximum absolute atomic E-state index is 11.7. The molecule has 2 heterocycles. The third-order valence-electron chi connectivity index (χ3n) is 2.34. The molecule has 0 atom stereocenters. The molecule has 1 amide bonds. The highest BCUT2D eigenvalue weighted by Crippen LogP contribution is 2.05. The van der Waals surface area contributed by atoms with Crippen LogP contribution in [0.4, 0.5) is 0 Å². The molecule has 2 aromatic heterocycles. The second kappa shape index (κ2) is 5.11. The molecule has 0 fully saturated rings. The summed E-state index contributed by atoms with van der Waals surface area (Å²) in [5, 5.41) is 4.14. The van der Waals surface area contributed by atoms with Crippen LogP contribution in [-0.4, -0.2) is 49.6 Å². The quantitative estimate of drug-likeness (QED) is 0.794. The number of aromatic nitrogens is 4. The van der Waals surface area contributed by atoms with Gasteiger partial charge < -0.3 is 10.6 Å². The molecule has 0 saturated carbocycles. The van der Waals surface area contributed by atoms with Crippen LogP contribution in [0.25, 0.3) is 5.82 Å². The molecule has 7 nitrogen and oxygen atoms in total. The van der Waals surface area contributed by atoms with E-state index in [1.165, 1.54) is 22.0 Å². The average molecular weight is 276 g/mol. The van der Waals surface area contributed by atoms with E-state index in [-0.39, 0.29) is 10.9 Å². The molecule has 0 aliphatic heterocycles. The molecule has 98 valence electrons. The minimum atomic E-state index is -0.175. The SMILES string of the molecule is CN(C)C(=O)c1ccn(-c2cnc(C(N)=S)cn2)n1. The number of nitrogens with zero attached hydrogens (tertiary/aromatic N) is 5. The van der Waals surface area contributed by atoms with Crippen LogP contribution in [0.2, 0.25) is 0 Å². The predicted molar refractivity (Wildman–Crippen MR) is 73.1 cm³/mol. The molecule has 0 saturated heterocycles. The van der Waals surface area contributed by atoms with Crippen LogP contribution in [0, 0.1) is 0 Å². The Labute approximate surface area is 115 Å². The Bertz CT molecular complexity index is 618. The lowest BCUT2D eigenvalue weighted by Crippen LogP contribution is -2.22. The van der Waals surface area contributed by atoms with Gasteiger partial charge >= 0.3 is 0 Å². The van der Waals surface area contributed by atoms with E-state index in [0.717, 1.165) is 0 Å². The van der Waals surface area contributed by atoms with Crippen LogP contribution in [0.3, 0.4) is 0 Å². The third-order valence-corrected chi connectivity index (χ3v) is 2.55. The van der Waals surface area contributed by atoms with Gasteiger partial charge in [0.25, 0.3) is 5.91 Å². The zero-order valence-electron chi connectivity index (χ0n) is 10.4. The van der Waals surface area contributed by atoms with Crippen molar-refractivity contribution >= 4 is 23.1 Å². The molecular weight excluding hydrogens is 264 g/mol. The van der Waals surface area contributed by atoms with Crippen molar-refractivity contribution < 1.29 is 4.79 Å². The smallest absolute Gasteiger partial charge is 0.273 e. The maximum Gasteiger partial charge on any atom is 0.273 e. The summed E-state index contributed by atoms with van der Waals surface area (Å²) in [5.41, 5.74) is 6.21. The van der Waals surface area contributed by atoms with Crippen molar-refractivity contribution in [3.63, 3.8) is 0 Å². The average Bonchev–Trinajstić information content (AvgIpc) is 2.87. The number of thiocarbonyl (C=S) groups is 1. The van der Waals surface area contributed by atoms with Gasteiger partial charge in [-0.2, -0.15) is 5.10 Å². The van der Waals surface area contributed by atoms with Crippen molar-refractivity contribution in [2.45, 2.75) is 0 Å². The van der Waals surface area contributed by atoms with Gasteiger partial charge in [-0.05, 0) is 6.07 Å². The number of amides is 1. The van der Waals surface area contributed by atoms with Crippen molar-refractivity contribution in [1.82, 2.24) is 24.6 Å². The number of nitrogens with two attached hydrogens (primary N) is 1. The number of carbonyl (C=O) groups excluding carboxylic acids is 1. The molecular formula is C11H12N6OS. The molecule has 0 aromatic carbocycles. The van der Waals surface area contributed by atoms with Crippen LogP contribution >= 0.6 is 12.2 Å². The monoisotopic (exact) mass is 276 g/mol. The fourth-order valence-corrected chi connectivity index (χ4v) is 1.47. The summed E-state index contributed by atoms with van der Waals surface area (Å²) in [6.45, 7) is 0. The van der Waals surface area contributed by atoms with E-state index in [2.05, 4.69) is 15.1 Å². The summed E-state index contributed by atoms with van der Waals surface area (Å²) in [7, 11) is 3.33. The van der Waals surface area contributed by atoms with E-state index in [0.29, 0.717) is 17.2 Å². The standard InChI is InChI=1S/C11H12N6OS/c1-16(2)11(18)7-3-4-17(15-7)9-6-13-8(5-14-9)10(12)19/h3-6H,1-2H3,(H2,12,19). The van der Waals surface area contributed by atoms with Crippen LogP contribution in [0.15, 0.2) is 24.7 Å². The first kappa shape index (κ1) is 13.1. The number of rotatable bonds is 3. The molecule has 19 heavy (non-hydrogen) atoms. The lowest BCUT2D eigenvalue weighted by atomic mass is 10.4. The highest BCUT2D eigenvalue weighted by Gasteiger charge is 2.12. The van der Waals surface area contributed by atoms with E-state index in [1.54, 1.807) is 26.4 Å².